The van der Waals surface area contributed by atoms with E-state index in [1.807, 2.05) is 30.3 Å². The average Bonchev–Trinajstić information content (AvgIpc) is 2.73. The highest BCUT2D eigenvalue weighted by atomic mass is 16.4. The van der Waals surface area contributed by atoms with E-state index in [0.29, 0.717) is 16.9 Å². The van der Waals surface area contributed by atoms with Gasteiger partial charge < -0.3 is 15.7 Å². The average molecular weight is 401 g/mol. The number of carboxylic acids is 1. The highest BCUT2D eigenvalue weighted by molar-refractivity contribution is 6.02. The lowest BCUT2D eigenvalue weighted by molar-refractivity contribution is 0.0696. The Kier molecular flexibility index (Phi) is 4.99. The van der Waals surface area contributed by atoms with Crippen molar-refractivity contribution in [1.29, 1.82) is 0 Å². The first-order valence-electron chi connectivity index (χ1n) is 9.78. The van der Waals surface area contributed by atoms with E-state index in [4.69, 9.17) is 0 Å². The van der Waals surface area contributed by atoms with Crippen LogP contribution in [0.3, 0.4) is 0 Å². The fraction of sp³-hybridized carbons (Fsp3) is 0.208. The summed E-state index contributed by atoms with van der Waals surface area (Å²) >= 11 is 0. The Morgan fingerprint density at radius 1 is 1.10 bits per heavy atom. The maximum absolute atomic E-state index is 12.4. The second-order valence-corrected chi connectivity index (χ2v) is 8.21. The summed E-state index contributed by atoms with van der Waals surface area (Å²) in [5.41, 5.74) is 4.18. The van der Waals surface area contributed by atoms with Gasteiger partial charge in [-0.05, 0) is 65.4 Å². The van der Waals surface area contributed by atoms with E-state index in [1.54, 1.807) is 36.5 Å². The first kappa shape index (κ1) is 19.6. The lowest BCUT2D eigenvalue weighted by Gasteiger charge is -2.41. The van der Waals surface area contributed by atoms with Crippen LogP contribution in [0.5, 0.6) is 0 Å². The molecule has 0 saturated heterocycles. The van der Waals surface area contributed by atoms with Crippen LogP contribution in [-0.4, -0.2) is 22.0 Å². The van der Waals surface area contributed by atoms with E-state index < -0.39 is 5.97 Å². The molecule has 1 aromatic heterocycles. The third kappa shape index (κ3) is 3.89. The van der Waals surface area contributed by atoms with Gasteiger partial charge in [0, 0.05) is 17.6 Å². The van der Waals surface area contributed by atoms with Crippen LogP contribution in [0.15, 0.2) is 66.9 Å². The fourth-order valence-corrected chi connectivity index (χ4v) is 3.98. The van der Waals surface area contributed by atoms with Crippen molar-refractivity contribution in [3.05, 3.63) is 89.2 Å². The van der Waals surface area contributed by atoms with E-state index >= 15 is 0 Å². The van der Waals surface area contributed by atoms with Crippen LogP contribution < -0.4 is 10.6 Å². The van der Waals surface area contributed by atoms with Crippen molar-refractivity contribution in [3.63, 3.8) is 0 Å². The number of aromatic carboxylic acids is 1. The number of fused-ring (bicyclic) bond motifs is 1. The molecule has 0 spiro atoms. The fourth-order valence-electron chi connectivity index (χ4n) is 3.98. The molecule has 3 N–H and O–H groups in total. The van der Waals surface area contributed by atoms with Gasteiger partial charge in [-0.25, -0.2) is 4.79 Å². The molecule has 0 bridgehead atoms. The van der Waals surface area contributed by atoms with E-state index in [0.717, 1.165) is 23.2 Å². The second-order valence-electron chi connectivity index (χ2n) is 8.21. The molecule has 0 fully saturated rings. The van der Waals surface area contributed by atoms with Crippen LogP contribution >= 0.6 is 0 Å². The largest absolute Gasteiger partial charge is 0.478 e. The Hall–Kier alpha value is -3.67. The zero-order valence-electron chi connectivity index (χ0n) is 16.8. The molecular formula is C24H23N3O3. The minimum atomic E-state index is -0.922. The SMILES string of the molecule is CC1(C)Cc2cc(C(=O)O)ccc2NC1c1cccc(NC(=O)c2ccccn2)c1. The summed E-state index contributed by atoms with van der Waals surface area (Å²) in [4.78, 5) is 27.8. The maximum atomic E-state index is 12.4. The summed E-state index contributed by atoms with van der Waals surface area (Å²) in [6.45, 7) is 4.31. The van der Waals surface area contributed by atoms with Gasteiger partial charge in [-0.3, -0.25) is 9.78 Å². The van der Waals surface area contributed by atoms with Gasteiger partial charge in [0.1, 0.15) is 5.69 Å². The minimum Gasteiger partial charge on any atom is -0.478 e. The molecule has 6 heteroatoms. The van der Waals surface area contributed by atoms with Gasteiger partial charge in [0.2, 0.25) is 0 Å². The Labute approximate surface area is 175 Å². The lowest BCUT2D eigenvalue weighted by Crippen LogP contribution is -2.35. The number of amides is 1. The number of rotatable bonds is 4. The van der Waals surface area contributed by atoms with Crippen molar-refractivity contribution in [1.82, 2.24) is 4.98 Å². The number of hydrogen-bond donors (Lipinski definition) is 3. The number of carbonyl (C=O) groups excluding carboxylic acids is 1. The second kappa shape index (κ2) is 7.63. The summed E-state index contributed by atoms with van der Waals surface area (Å²) in [5, 5.41) is 15.7. The number of anilines is 2. The molecule has 2 aromatic carbocycles. The highest BCUT2D eigenvalue weighted by Crippen LogP contribution is 2.45. The van der Waals surface area contributed by atoms with Crippen molar-refractivity contribution >= 4 is 23.3 Å². The van der Waals surface area contributed by atoms with Crippen LogP contribution in [0.25, 0.3) is 0 Å². The number of carboxylic acid groups (broad SMARTS) is 1. The molecule has 2 heterocycles. The molecule has 0 radical (unpaired) electrons. The monoisotopic (exact) mass is 401 g/mol. The summed E-state index contributed by atoms with van der Waals surface area (Å²) in [6.07, 6.45) is 2.33. The predicted molar refractivity (Wildman–Crippen MR) is 116 cm³/mol. The van der Waals surface area contributed by atoms with Crippen molar-refractivity contribution in [2.45, 2.75) is 26.3 Å². The van der Waals surface area contributed by atoms with Gasteiger partial charge in [-0.2, -0.15) is 0 Å². The predicted octanol–water partition coefficient (Wildman–Crippen LogP) is 4.77. The normalized spacial score (nSPS) is 16.8. The molecule has 1 aliphatic rings. The molecular weight excluding hydrogens is 378 g/mol. The summed E-state index contributed by atoms with van der Waals surface area (Å²) in [5.74, 6) is -1.18. The first-order chi connectivity index (χ1) is 14.3. The topological polar surface area (TPSA) is 91.3 Å². The summed E-state index contributed by atoms with van der Waals surface area (Å²) < 4.78 is 0. The molecule has 6 nitrogen and oxygen atoms in total. The molecule has 1 amide bonds. The molecule has 1 aliphatic heterocycles. The van der Waals surface area contributed by atoms with Crippen molar-refractivity contribution in [3.8, 4) is 0 Å². The number of nitrogens with zero attached hydrogens (tertiary/aromatic N) is 1. The number of carbonyl (C=O) groups is 2. The van der Waals surface area contributed by atoms with Crippen LogP contribution in [0, 0.1) is 5.41 Å². The van der Waals surface area contributed by atoms with Gasteiger partial charge in [0.05, 0.1) is 11.6 Å². The maximum Gasteiger partial charge on any atom is 0.335 e. The van der Waals surface area contributed by atoms with Gasteiger partial charge in [-0.15, -0.1) is 0 Å². The van der Waals surface area contributed by atoms with Crippen LogP contribution in [0.2, 0.25) is 0 Å². The first-order valence-corrected chi connectivity index (χ1v) is 9.78. The number of aromatic nitrogens is 1. The van der Waals surface area contributed by atoms with E-state index in [-0.39, 0.29) is 17.4 Å². The number of hydrogen-bond acceptors (Lipinski definition) is 4. The van der Waals surface area contributed by atoms with Crippen molar-refractivity contribution in [2.75, 3.05) is 10.6 Å². The zero-order valence-corrected chi connectivity index (χ0v) is 16.8. The summed E-state index contributed by atoms with van der Waals surface area (Å²) in [7, 11) is 0. The van der Waals surface area contributed by atoms with Crippen LogP contribution in [0.1, 0.15) is 51.9 Å². The number of nitrogens with one attached hydrogen (secondary N) is 2. The van der Waals surface area contributed by atoms with Gasteiger partial charge in [-0.1, -0.05) is 32.0 Å². The minimum absolute atomic E-state index is 0.00683. The standard InChI is InChI=1S/C24H23N3O3/c1-24(2)14-17-12-16(23(29)30)9-10-19(17)27-21(24)15-6-5-7-18(13-15)26-22(28)20-8-3-4-11-25-20/h3-13,21,27H,14H2,1-2H3,(H,26,28)(H,29,30). The zero-order chi connectivity index (χ0) is 21.3. The van der Waals surface area contributed by atoms with Crippen molar-refractivity contribution < 1.29 is 14.7 Å². The van der Waals surface area contributed by atoms with Gasteiger partial charge in [0.15, 0.2) is 0 Å². The number of pyridine rings is 1. The Balaban J connectivity index is 1.60. The van der Waals surface area contributed by atoms with E-state index in [9.17, 15) is 14.7 Å². The van der Waals surface area contributed by atoms with Gasteiger partial charge >= 0.3 is 5.97 Å². The number of benzene rings is 2. The smallest absolute Gasteiger partial charge is 0.335 e. The van der Waals surface area contributed by atoms with E-state index in [1.165, 1.54) is 0 Å². The van der Waals surface area contributed by atoms with Crippen molar-refractivity contribution in [2.24, 2.45) is 5.41 Å². The molecule has 30 heavy (non-hydrogen) atoms. The third-order valence-corrected chi connectivity index (χ3v) is 5.45. The van der Waals surface area contributed by atoms with Crippen LogP contribution in [0.4, 0.5) is 11.4 Å². The highest BCUT2D eigenvalue weighted by Gasteiger charge is 2.36. The quantitative estimate of drug-likeness (QED) is 0.586. The molecule has 0 saturated carbocycles. The van der Waals surface area contributed by atoms with Crippen LogP contribution in [-0.2, 0) is 6.42 Å². The lowest BCUT2D eigenvalue weighted by atomic mass is 9.72. The van der Waals surface area contributed by atoms with E-state index in [2.05, 4.69) is 29.5 Å². The molecule has 1 atom stereocenters. The Morgan fingerprint density at radius 3 is 2.67 bits per heavy atom. The van der Waals surface area contributed by atoms with Gasteiger partial charge in [0.25, 0.3) is 5.91 Å². The third-order valence-electron chi connectivity index (χ3n) is 5.45. The molecule has 152 valence electrons. The molecule has 0 aliphatic carbocycles. The Morgan fingerprint density at radius 2 is 1.93 bits per heavy atom. The molecule has 3 aromatic rings. The Bertz CT molecular complexity index is 1110. The molecule has 1 unspecified atom stereocenters. The molecule has 4 rings (SSSR count). The summed E-state index contributed by atoms with van der Waals surface area (Å²) in [6, 6.07) is 18.2.